The number of para-hydroxylation sites is 1. The molecule has 130 valence electrons. The Balaban J connectivity index is 1.82. The van der Waals surface area contributed by atoms with Crippen molar-refractivity contribution in [3.05, 3.63) is 54.1 Å². The molecule has 0 radical (unpaired) electrons. The molecule has 2 aromatic rings. The summed E-state index contributed by atoms with van der Waals surface area (Å²) in [5, 5.41) is 15.1. The Hall–Kier alpha value is -3.00. The number of amides is 1. The fraction of sp³-hybridized carbons (Fsp3) is 0.300. The van der Waals surface area contributed by atoms with Crippen LogP contribution in [0.5, 0.6) is 0 Å². The standard InChI is InChI=1S/C20H24N4O/c1-3-24(4-2)18-11-9-17(10-12-18)22-14-13-20(25)23-19-8-6-5-7-16(19)15-21/h5-12,22H,3-4,13-14H2,1-2H3,(H,23,25). The van der Waals surface area contributed by atoms with Gasteiger partial charge in [-0.15, -0.1) is 0 Å². The molecule has 0 fully saturated rings. The molecule has 0 aliphatic carbocycles. The normalized spacial score (nSPS) is 9.96. The average Bonchev–Trinajstić information content (AvgIpc) is 2.64. The zero-order chi connectivity index (χ0) is 18.1. The Kier molecular flexibility index (Phi) is 6.85. The van der Waals surface area contributed by atoms with Crippen molar-refractivity contribution < 1.29 is 4.79 Å². The van der Waals surface area contributed by atoms with Crippen molar-refractivity contribution in [2.75, 3.05) is 35.2 Å². The smallest absolute Gasteiger partial charge is 0.226 e. The first-order valence-electron chi connectivity index (χ1n) is 8.55. The van der Waals surface area contributed by atoms with Crippen LogP contribution in [0.4, 0.5) is 17.1 Å². The van der Waals surface area contributed by atoms with Crippen LogP contribution in [-0.2, 0) is 4.79 Å². The van der Waals surface area contributed by atoms with Gasteiger partial charge in [-0.3, -0.25) is 4.79 Å². The second-order valence-corrected chi connectivity index (χ2v) is 5.60. The average molecular weight is 336 g/mol. The van der Waals surface area contributed by atoms with Gasteiger partial charge in [-0.05, 0) is 50.2 Å². The molecule has 0 atom stereocenters. The molecule has 25 heavy (non-hydrogen) atoms. The highest BCUT2D eigenvalue weighted by atomic mass is 16.1. The molecule has 0 unspecified atom stereocenters. The number of nitrogens with one attached hydrogen (secondary N) is 2. The Morgan fingerprint density at radius 3 is 2.40 bits per heavy atom. The highest BCUT2D eigenvalue weighted by molar-refractivity contribution is 5.92. The molecule has 0 saturated heterocycles. The van der Waals surface area contributed by atoms with Crippen molar-refractivity contribution >= 4 is 23.0 Å². The lowest BCUT2D eigenvalue weighted by molar-refractivity contribution is -0.115. The Labute approximate surface area is 149 Å². The molecule has 2 N–H and O–H groups in total. The lowest BCUT2D eigenvalue weighted by Crippen LogP contribution is -2.21. The van der Waals surface area contributed by atoms with Gasteiger partial charge in [0.25, 0.3) is 0 Å². The van der Waals surface area contributed by atoms with Gasteiger partial charge in [0.15, 0.2) is 0 Å². The van der Waals surface area contributed by atoms with Crippen molar-refractivity contribution in [2.24, 2.45) is 0 Å². The van der Waals surface area contributed by atoms with Gasteiger partial charge in [0, 0.05) is 37.4 Å². The second kappa shape index (κ2) is 9.33. The third-order valence-electron chi connectivity index (χ3n) is 4.00. The molecule has 2 aromatic carbocycles. The van der Waals surface area contributed by atoms with E-state index in [1.54, 1.807) is 24.3 Å². The van der Waals surface area contributed by atoms with Crippen LogP contribution in [0.15, 0.2) is 48.5 Å². The lowest BCUT2D eigenvalue weighted by atomic mass is 10.2. The van der Waals surface area contributed by atoms with E-state index in [2.05, 4.69) is 47.6 Å². The molecule has 2 rings (SSSR count). The Bertz CT molecular complexity index is 730. The van der Waals surface area contributed by atoms with Crippen LogP contribution < -0.4 is 15.5 Å². The van der Waals surface area contributed by atoms with Gasteiger partial charge in [0.2, 0.25) is 5.91 Å². The zero-order valence-electron chi connectivity index (χ0n) is 14.7. The van der Waals surface area contributed by atoms with Gasteiger partial charge in [-0.25, -0.2) is 0 Å². The second-order valence-electron chi connectivity index (χ2n) is 5.60. The predicted molar refractivity (Wildman–Crippen MR) is 103 cm³/mol. The number of nitriles is 1. The summed E-state index contributed by atoms with van der Waals surface area (Å²) in [5.41, 5.74) is 3.21. The van der Waals surface area contributed by atoms with Crippen molar-refractivity contribution in [1.29, 1.82) is 5.26 Å². The van der Waals surface area contributed by atoms with Gasteiger partial charge in [0.1, 0.15) is 6.07 Å². The number of carbonyl (C=O) groups excluding carboxylic acids is 1. The summed E-state index contributed by atoms with van der Waals surface area (Å²) < 4.78 is 0. The number of rotatable bonds is 8. The van der Waals surface area contributed by atoms with Gasteiger partial charge < -0.3 is 15.5 Å². The zero-order valence-corrected chi connectivity index (χ0v) is 14.7. The number of hydrogen-bond donors (Lipinski definition) is 2. The number of carbonyl (C=O) groups is 1. The SMILES string of the molecule is CCN(CC)c1ccc(NCCC(=O)Nc2ccccc2C#N)cc1. The summed E-state index contributed by atoms with van der Waals surface area (Å²) in [7, 11) is 0. The van der Waals surface area contributed by atoms with Crippen LogP contribution in [-0.4, -0.2) is 25.5 Å². The van der Waals surface area contributed by atoms with Gasteiger partial charge in [-0.2, -0.15) is 5.26 Å². The van der Waals surface area contributed by atoms with Gasteiger partial charge in [-0.1, -0.05) is 12.1 Å². The molecule has 5 heteroatoms. The van der Waals surface area contributed by atoms with E-state index in [0.29, 0.717) is 24.2 Å². The van der Waals surface area contributed by atoms with E-state index >= 15 is 0 Å². The third kappa shape index (κ3) is 5.25. The number of hydrogen-bond acceptors (Lipinski definition) is 4. The summed E-state index contributed by atoms with van der Waals surface area (Å²) in [6.45, 7) is 6.77. The topological polar surface area (TPSA) is 68.2 Å². The molecule has 0 saturated carbocycles. The fourth-order valence-electron chi connectivity index (χ4n) is 2.60. The maximum Gasteiger partial charge on any atom is 0.226 e. The summed E-state index contributed by atoms with van der Waals surface area (Å²) in [4.78, 5) is 14.3. The predicted octanol–water partition coefficient (Wildman–Crippen LogP) is 3.85. The number of benzene rings is 2. The molecular weight excluding hydrogens is 312 g/mol. The van der Waals surface area contributed by atoms with Crippen molar-refractivity contribution in [3.8, 4) is 6.07 Å². The minimum Gasteiger partial charge on any atom is -0.385 e. The van der Waals surface area contributed by atoms with E-state index in [-0.39, 0.29) is 5.91 Å². The summed E-state index contributed by atoms with van der Waals surface area (Å²) >= 11 is 0. The number of anilines is 3. The highest BCUT2D eigenvalue weighted by Gasteiger charge is 2.06. The number of nitrogens with zero attached hydrogens (tertiary/aromatic N) is 2. The van der Waals surface area contributed by atoms with E-state index < -0.39 is 0 Å². The molecule has 0 heterocycles. The fourth-order valence-corrected chi connectivity index (χ4v) is 2.60. The molecule has 5 nitrogen and oxygen atoms in total. The Morgan fingerprint density at radius 2 is 1.76 bits per heavy atom. The molecule has 0 spiro atoms. The van der Waals surface area contributed by atoms with Gasteiger partial charge >= 0.3 is 0 Å². The van der Waals surface area contributed by atoms with E-state index in [1.807, 2.05) is 12.1 Å². The summed E-state index contributed by atoms with van der Waals surface area (Å²) in [5.74, 6) is -0.116. The van der Waals surface area contributed by atoms with Crippen LogP contribution in [0, 0.1) is 11.3 Å². The van der Waals surface area contributed by atoms with Crippen molar-refractivity contribution in [1.82, 2.24) is 0 Å². The Morgan fingerprint density at radius 1 is 1.08 bits per heavy atom. The molecule has 1 amide bonds. The van der Waals surface area contributed by atoms with E-state index in [0.717, 1.165) is 18.8 Å². The van der Waals surface area contributed by atoms with Gasteiger partial charge in [0.05, 0.1) is 11.3 Å². The molecule has 0 aliphatic heterocycles. The van der Waals surface area contributed by atoms with Crippen LogP contribution >= 0.6 is 0 Å². The first-order valence-corrected chi connectivity index (χ1v) is 8.55. The van der Waals surface area contributed by atoms with E-state index in [9.17, 15) is 4.79 Å². The maximum atomic E-state index is 12.0. The maximum absolute atomic E-state index is 12.0. The first-order chi connectivity index (χ1) is 12.2. The molecule has 0 aliphatic rings. The van der Waals surface area contributed by atoms with Crippen LogP contribution in [0.3, 0.4) is 0 Å². The minimum absolute atomic E-state index is 0.116. The first kappa shape index (κ1) is 18.3. The molecule has 0 bridgehead atoms. The molecular formula is C20H24N4O. The summed E-state index contributed by atoms with van der Waals surface area (Å²) in [6.07, 6.45) is 0.331. The quantitative estimate of drug-likeness (QED) is 0.768. The largest absolute Gasteiger partial charge is 0.385 e. The van der Waals surface area contributed by atoms with Crippen LogP contribution in [0.2, 0.25) is 0 Å². The van der Waals surface area contributed by atoms with Crippen LogP contribution in [0.25, 0.3) is 0 Å². The lowest BCUT2D eigenvalue weighted by Gasteiger charge is -2.21. The third-order valence-corrected chi connectivity index (χ3v) is 4.00. The monoisotopic (exact) mass is 336 g/mol. The van der Waals surface area contributed by atoms with Crippen molar-refractivity contribution in [2.45, 2.75) is 20.3 Å². The molecule has 0 aromatic heterocycles. The van der Waals surface area contributed by atoms with E-state index in [1.165, 1.54) is 5.69 Å². The minimum atomic E-state index is -0.116. The summed E-state index contributed by atoms with van der Waals surface area (Å²) in [6, 6.07) is 17.3. The van der Waals surface area contributed by atoms with Crippen LogP contribution in [0.1, 0.15) is 25.8 Å². The highest BCUT2D eigenvalue weighted by Crippen LogP contribution is 2.18. The van der Waals surface area contributed by atoms with E-state index in [4.69, 9.17) is 5.26 Å². The van der Waals surface area contributed by atoms with Crippen molar-refractivity contribution in [3.63, 3.8) is 0 Å².